The van der Waals surface area contributed by atoms with Crippen LogP contribution in [0.15, 0.2) is 82.1 Å². The Kier molecular flexibility index (Phi) is 5.76. The molecule has 1 aromatic heterocycles. The van der Waals surface area contributed by atoms with Crippen LogP contribution in [-0.4, -0.2) is 4.57 Å². The van der Waals surface area contributed by atoms with Crippen LogP contribution >= 0.6 is 57.1 Å². The summed E-state index contributed by atoms with van der Waals surface area (Å²) in [6.45, 7) is 0. The molecule has 0 spiro atoms. The summed E-state index contributed by atoms with van der Waals surface area (Å²) in [7, 11) is 0. The predicted molar refractivity (Wildman–Crippen MR) is 148 cm³/mol. The zero-order valence-electron chi connectivity index (χ0n) is 17.8. The molecule has 168 valence electrons. The molecule has 1 aliphatic heterocycles. The van der Waals surface area contributed by atoms with Crippen molar-refractivity contribution in [2.45, 2.75) is 18.9 Å². The highest BCUT2D eigenvalue weighted by molar-refractivity contribution is 14.1. The van der Waals surface area contributed by atoms with E-state index in [-0.39, 0.29) is 11.6 Å². The van der Waals surface area contributed by atoms with Gasteiger partial charge in [0.2, 0.25) is 0 Å². The number of aromatic nitrogens is 1. The van der Waals surface area contributed by atoms with Gasteiger partial charge in [-0.3, -0.25) is 9.36 Å². The van der Waals surface area contributed by atoms with Gasteiger partial charge in [-0.05, 0) is 82.0 Å². The van der Waals surface area contributed by atoms with Crippen molar-refractivity contribution in [3.63, 3.8) is 0 Å². The van der Waals surface area contributed by atoms with Crippen LogP contribution in [0.3, 0.4) is 0 Å². The van der Waals surface area contributed by atoms with E-state index in [9.17, 15) is 4.79 Å². The maximum absolute atomic E-state index is 13.8. The van der Waals surface area contributed by atoms with Crippen molar-refractivity contribution in [2.75, 3.05) is 0 Å². The fourth-order valence-electron chi connectivity index (χ4n) is 4.76. The summed E-state index contributed by atoms with van der Waals surface area (Å²) in [4.78, 5) is 19.5. The molecule has 1 unspecified atom stereocenters. The molecule has 0 radical (unpaired) electrons. The summed E-state index contributed by atoms with van der Waals surface area (Å²) in [5.74, 6) is 0. The summed E-state index contributed by atoms with van der Waals surface area (Å²) in [6.07, 6.45) is 3.68. The van der Waals surface area contributed by atoms with Crippen LogP contribution < -0.4 is 14.9 Å². The van der Waals surface area contributed by atoms with Crippen molar-refractivity contribution in [2.24, 2.45) is 4.99 Å². The van der Waals surface area contributed by atoms with Gasteiger partial charge in [0.15, 0.2) is 4.80 Å². The van der Waals surface area contributed by atoms with Gasteiger partial charge in [0.25, 0.3) is 5.56 Å². The van der Waals surface area contributed by atoms with Gasteiger partial charge >= 0.3 is 0 Å². The molecular weight excluding hydrogens is 598 g/mol. The lowest BCUT2D eigenvalue weighted by Crippen LogP contribution is -2.38. The fraction of sp³-hybridized carbons (Fsp3) is 0.111. The molecule has 0 fully saturated rings. The van der Waals surface area contributed by atoms with E-state index in [0.29, 0.717) is 19.4 Å². The number of rotatable bonds is 2. The monoisotopic (exact) mass is 614 g/mol. The van der Waals surface area contributed by atoms with E-state index in [1.54, 1.807) is 6.07 Å². The number of hydrogen-bond donors (Lipinski definition) is 0. The normalized spacial score (nSPS) is 17.1. The number of hydrogen-bond acceptors (Lipinski definition) is 3. The van der Waals surface area contributed by atoms with E-state index in [0.717, 1.165) is 44.4 Å². The first-order valence-electron chi connectivity index (χ1n) is 10.8. The molecule has 7 heteroatoms. The molecule has 0 N–H and O–H groups in total. The minimum atomic E-state index is -0.318. The van der Waals surface area contributed by atoms with E-state index in [1.165, 1.54) is 16.9 Å². The molecule has 2 heterocycles. The Labute approximate surface area is 223 Å². The second-order valence-electron chi connectivity index (χ2n) is 8.30. The van der Waals surface area contributed by atoms with Gasteiger partial charge in [-0.2, -0.15) is 0 Å². The molecule has 4 aromatic rings. The first kappa shape index (κ1) is 22.3. The lowest BCUT2D eigenvalue weighted by Gasteiger charge is -2.31. The summed E-state index contributed by atoms with van der Waals surface area (Å²) >= 11 is 16.6. The standard InChI is InChI=1S/C27H17Cl2IN2OS/c28-17-10-12-19(21(29)14-17)25-20-11-9-15-5-1-3-7-18(15)24(20)31-27-32(25)26(33)23(34-27)13-16-6-2-4-8-22(16)30/h1-8,10,12-14,25H,9,11H2/b23-13-. The summed E-state index contributed by atoms with van der Waals surface area (Å²) < 4.78 is 3.57. The largest absolute Gasteiger partial charge is 0.272 e. The molecule has 1 aliphatic carbocycles. The average molecular weight is 615 g/mol. The first-order valence-corrected chi connectivity index (χ1v) is 13.5. The highest BCUT2D eigenvalue weighted by Crippen LogP contribution is 2.43. The van der Waals surface area contributed by atoms with Gasteiger partial charge in [-0.15, -0.1) is 0 Å². The van der Waals surface area contributed by atoms with Crippen molar-refractivity contribution in [1.29, 1.82) is 0 Å². The lowest BCUT2D eigenvalue weighted by molar-refractivity contribution is 0.585. The second-order valence-corrected chi connectivity index (χ2v) is 11.3. The summed E-state index contributed by atoms with van der Waals surface area (Å²) in [5, 5.41) is 1.13. The van der Waals surface area contributed by atoms with Crippen molar-refractivity contribution in [3.8, 4) is 0 Å². The zero-order chi connectivity index (χ0) is 23.4. The van der Waals surface area contributed by atoms with Crippen LogP contribution in [0.2, 0.25) is 10.0 Å². The van der Waals surface area contributed by atoms with Crippen molar-refractivity contribution in [1.82, 2.24) is 4.57 Å². The van der Waals surface area contributed by atoms with Crippen LogP contribution in [-0.2, 0) is 6.42 Å². The highest BCUT2D eigenvalue weighted by atomic mass is 127. The molecule has 3 aromatic carbocycles. The van der Waals surface area contributed by atoms with Crippen LogP contribution in [0.25, 0.3) is 11.8 Å². The number of nitrogens with zero attached hydrogens (tertiary/aromatic N) is 2. The Bertz CT molecular complexity index is 1690. The van der Waals surface area contributed by atoms with Gasteiger partial charge in [-0.1, -0.05) is 83.1 Å². The number of halogens is 3. The molecule has 0 amide bonds. The number of benzene rings is 3. The van der Waals surface area contributed by atoms with Crippen LogP contribution in [0, 0.1) is 3.57 Å². The molecule has 1 atom stereocenters. The van der Waals surface area contributed by atoms with Crippen LogP contribution in [0.1, 0.15) is 34.7 Å². The van der Waals surface area contributed by atoms with E-state index in [2.05, 4.69) is 40.8 Å². The third-order valence-corrected chi connectivity index (χ3v) is 8.85. The summed E-state index contributed by atoms with van der Waals surface area (Å²) in [6, 6.07) is 21.6. The van der Waals surface area contributed by atoms with Crippen molar-refractivity contribution < 1.29 is 0 Å². The Hall–Kier alpha value is -2.19. The fourth-order valence-corrected chi connectivity index (χ4v) is 6.80. The number of aryl methyl sites for hydroxylation is 1. The van der Waals surface area contributed by atoms with Gasteiger partial charge < -0.3 is 0 Å². The molecule has 0 bridgehead atoms. The van der Waals surface area contributed by atoms with Gasteiger partial charge in [-0.25, -0.2) is 4.99 Å². The SMILES string of the molecule is O=c1/c(=C/c2ccccc2I)sc2n1C(c1ccc(Cl)cc1Cl)C1=C(N=2)c2ccccc2CC1. The minimum absolute atomic E-state index is 0.0511. The maximum Gasteiger partial charge on any atom is 0.271 e. The highest BCUT2D eigenvalue weighted by Gasteiger charge is 2.33. The Balaban J connectivity index is 1.66. The topological polar surface area (TPSA) is 34.4 Å². The van der Waals surface area contributed by atoms with Gasteiger partial charge in [0, 0.05) is 19.2 Å². The quantitative estimate of drug-likeness (QED) is 0.247. The number of fused-ring (bicyclic) bond motifs is 3. The van der Waals surface area contributed by atoms with Crippen molar-refractivity contribution >= 4 is 68.9 Å². The lowest BCUT2D eigenvalue weighted by atomic mass is 9.83. The Morgan fingerprint density at radius 3 is 2.65 bits per heavy atom. The predicted octanol–water partition coefficient (Wildman–Crippen LogP) is 6.23. The minimum Gasteiger partial charge on any atom is -0.272 e. The molecule has 3 nitrogen and oxygen atoms in total. The number of allylic oxidation sites excluding steroid dienone is 1. The average Bonchev–Trinajstić information content (AvgIpc) is 3.14. The van der Waals surface area contributed by atoms with Crippen LogP contribution in [0.4, 0.5) is 0 Å². The number of thiazole rings is 1. The Morgan fingerprint density at radius 1 is 1.03 bits per heavy atom. The second kappa shape index (κ2) is 8.79. The van der Waals surface area contributed by atoms with Crippen LogP contribution in [0.5, 0.6) is 0 Å². The molecular formula is C27H17Cl2IN2OS. The molecule has 0 saturated heterocycles. The molecule has 0 saturated carbocycles. The van der Waals surface area contributed by atoms with Crippen molar-refractivity contribution in [3.05, 3.63) is 128 Å². The van der Waals surface area contributed by atoms with E-state index in [4.69, 9.17) is 28.2 Å². The third kappa shape index (κ3) is 3.70. The maximum atomic E-state index is 13.8. The van der Waals surface area contributed by atoms with E-state index in [1.807, 2.05) is 53.1 Å². The molecule has 2 aliphatic rings. The van der Waals surface area contributed by atoms with Gasteiger partial charge in [0.05, 0.1) is 16.3 Å². The molecule has 6 rings (SSSR count). The summed E-state index contributed by atoms with van der Waals surface area (Å²) in [5.41, 5.74) is 6.33. The molecule has 34 heavy (non-hydrogen) atoms. The van der Waals surface area contributed by atoms with E-state index >= 15 is 0 Å². The smallest absolute Gasteiger partial charge is 0.271 e. The van der Waals surface area contributed by atoms with Gasteiger partial charge in [0.1, 0.15) is 0 Å². The third-order valence-electron chi connectivity index (χ3n) is 6.32. The first-order chi connectivity index (χ1) is 16.5. The zero-order valence-corrected chi connectivity index (χ0v) is 22.3. The Morgan fingerprint density at radius 2 is 1.82 bits per heavy atom. The van der Waals surface area contributed by atoms with E-state index < -0.39 is 0 Å².